The van der Waals surface area contributed by atoms with E-state index in [1.54, 1.807) is 66.4 Å². The molecular weight excluding hydrogens is 440 g/mol. The Balaban J connectivity index is 1.58. The molecule has 1 aliphatic heterocycles. The normalized spacial score (nSPS) is 13.7. The van der Waals surface area contributed by atoms with Crippen molar-refractivity contribution in [3.63, 3.8) is 0 Å². The van der Waals surface area contributed by atoms with E-state index in [1.165, 1.54) is 0 Å². The number of anilines is 1. The Hall–Kier alpha value is -4.21. The summed E-state index contributed by atoms with van der Waals surface area (Å²) in [6.07, 6.45) is -0.0603. The molecule has 178 valence electrons. The number of imide groups is 1. The van der Waals surface area contributed by atoms with E-state index in [0.29, 0.717) is 36.3 Å². The van der Waals surface area contributed by atoms with Crippen molar-refractivity contribution in [3.05, 3.63) is 65.7 Å². The Morgan fingerprint density at radius 2 is 1.71 bits per heavy atom. The third-order valence-electron chi connectivity index (χ3n) is 5.07. The summed E-state index contributed by atoms with van der Waals surface area (Å²) in [4.78, 5) is 62.5. The van der Waals surface area contributed by atoms with Crippen molar-refractivity contribution in [2.24, 2.45) is 0 Å². The third kappa shape index (κ3) is 6.41. The zero-order chi connectivity index (χ0) is 24.5. The van der Waals surface area contributed by atoms with E-state index in [-0.39, 0.29) is 5.91 Å². The second-order valence-corrected chi connectivity index (χ2v) is 7.51. The minimum Gasteiger partial charge on any atom is -0.446 e. The number of hydrogen-bond donors (Lipinski definition) is 3. The van der Waals surface area contributed by atoms with Crippen molar-refractivity contribution < 1.29 is 28.7 Å². The Kier molecular flexibility index (Phi) is 8.33. The molecule has 34 heavy (non-hydrogen) atoms. The molecule has 1 aliphatic rings. The van der Waals surface area contributed by atoms with E-state index in [1.807, 2.05) is 0 Å². The zero-order valence-electron chi connectivity index (χ0n) is 18.7. The maximum Gasteiger partial charge on any atom is 0.326 e. The molecule has 1 atom stereocenters. The SMILES string of the molecule is CCNC(=O)NC(=O)C(OC(=O)CNC(=O)c1ccc(N2CCCC2=O)cc1)c1ccccc1. The number of benzene rings is 2. The molecule has 2 aromatic carbocycles. The van der Waals surface area contributed by atoms with Crippen molar-refractivity contribution in [2.75, 3.05) is 24.5 Å². The largest absolute Gasteiger partial charge is 0.446 e. The molecule has 10 heteroatoms. The number of carbonyl (C=O) groups is 5. The molecular formula is C24H26N4O6. The van der Waals surface area contributed by atoms with Gasteiger partial charge in [-0.15, -0.1) is 0 Å². The lowest BCUT2D eigenvalue weighted by Crippen LogP contribution is -2.43. The quantitative estimate of drug-likeness (QED) is 0.507. The monoisotopic (exact) mass is 466 g/mol. The number of hydrogen-bond acceptors (Lipinski definition) is 6. The van der Waals surface area contributed by atoms with Crippen LogP contribution in [-0.4, -0.2) is 49.4 Å². The predicted molar refractivity (Wildman–Crippen MR) is 123 cm³/mol. The standard InChI is InChI=1S/C24H26N4O6/c1-2-25-24(33)27-23(32)21(16-7-4-3-5-8-16)34-20(30)15-26-22(31)17-10-12-18(13-11-17)28-14-6-9-19(28)29/h3-5,7-8,10-13,21H,2,6,9,14-15H2,1H3,(H,26,31)(H2,25,27,32,33). The van der Waals surface area contributed by atoms with Crippen molar-refractivity contribution in [1.29, 1.82) is 0 Å². The molecule has 0 aromatic heterocycles. The first-order valence-corrected chi connectivity index (χ1v) is 10.9. The fourth-order valence-electron chi connectivity index (χ4n) is 3.42. The van der Waals surface area contributed by atoms with Gasteiger partial charge < -0.3 is 20.3 Å². The first-order valence-electron chi connectivity index (χ1n) is 10.9. The third-order valence-corrected chi connectivity index (χ3v) is 5.07. The van der Waals surface area contributed by atoms with Crippen molar-refractivity contribution in [1.82, 2.24) is 16.0 Å². The maximum atomic E-state index is 12.5. The molecule has 1 fully saturated rings. The van der Waals surface area contributed by atoms with Gasteiger partial charge >= 0.3 is 12.0 Å². The van der Waals surface area contributed by atoms with Crippen LogP contribution in [-0.2, 0) is 19.1 Å². The number of rotatable bonds is 8. The molecule has 1 heterocycles. The Morgan fingerprint density at radius 3 is 2.32 bits per heavy atom. The van der Waals surface area contributed by atoms with Crippen LogP contribution in [0.15, 0.2) is 54.6 Å². The fraction of sp³-hybridized carbons (Fsp3) is 0.292. The summed E-state index contributed by atoms with van der Waals surface area (Å²) in [5, 5.41) is 7.00. The number of nitrogens with zero attached hydrogens (tertiary/aromatic N) is 1. The van der Waals surface area contributed by atoms with Crippen molar-refractivity contribution in [2.45, 2.75) is 25.9 Å². The molecule has 10 nitrogen and oxygen atoms in total. The summed E-state index contributed by atoms with van der Waals surface area (Å²) in [7, 11) is 0. The van der Waals surface area contributed by atoms with E-state index in [2.05, 4.69) is 16.0 Å². The van der Waals surface area contributed by atoms with Gasteiger partial charge in [0.25, 0.3) is 11.8 Å². The first-order chi connectivity index (χ1) is 16.4. The van der Waals surface area contributed by atoms with E-state index in [9.17, 15) is 24.0 Å². The molecule has 0 saturated carbocycles. The number of esters is 1. The van der Waals surface area contributed by atoms with Gasteiger partial charge in [0.2, 0.25) is 12.0 Å². The zero-order valence-corrected chi connectivity index (χ0v) is 18.7. The molecule has 0 aliphatic carbocycles. The van der Waals surface area contributed by atoms with Crippen LogP contribution in [0.3, 0.4) is 0 Å². The maximum absolute atomic E-state index is 12.5. The van der Waals surface area contributed by atoms with Crippen LogP contribution in [0.4, 0.5) is 10.5 Å². The first kappa shape index (κ1) is 24.4. The summed E-state index contributed by atoms with van der Waals surface area (Å²) in [6, 6.07) is 14.0. The predicted octanol–water partition coefficient (Wildman–Crippen LogP) is 1.67. The molecule has 0 spiro atoms. The summed E-state index contributed by atoms with van der Waals surface area (Å²) < 4.78 is 5.27. The Labute approximate surface area is 196 Å². The smallest absolute Gasteiger partial charge is 0.326 e. The summed E-state index contributed by atoms with van der Waals surface area (Å²) in [5.41, 5.74) is 1.38. The van der Waals surface area contributed by atoms with E-state index in [4.69, 9.17) is 4.74 Å². The van der Waals surface area contributed by atoms with Gasteiger partial charge in [-0.2, -0.15) is 0 Å². The lowest BCUT2D eigenvalue weighted by molar-refractivity contribution is -0.155. The molecule has 0 bridgehead atoms. The van der Waals surface area contributed by atoms with Gasteiger partial charge in [0.05, 0.1) is 0 Å². The fourth-order valence-corrected chi connectivity index (χ4v) is 3.42. The minimum absolute atomic E-state index is 0.0455. The highest BCUT2D eigenvalue weighted by molar-refractivity contribution is 5.99. The van der Waals surface area contributed by atoms with Crippen molar-refractivity contribution >= 4 is 35.4 Å². The van der Waals surface area contributed by atoms with Crippen LogP contribution in [0.2, 0.25) is 0 Å². The van der Waals surface area contributed by atoms with Gasteiger partial charge in [0, 0.05) is 36.3 Å². The van der Waals surface area contributed by atoms with Crippen LogP contribution in [0, 0.1) is 0 Å². The van der Waals surface area contributed by atoms with Crippen LogP contribution in [0.1, 0.15) is 41.8 Å². The summed E-state index contributed by atoms with van der Waals surface area (Å²) in [6.45, 7) is 2.17. The molecule has 1 unspecified atom stereocenters. The van der Waals surface area contributed by atoms with Gasteiger partial charge in [-0.05, 0) is 37.6 Å². The van der Waals surface area contributed by atoms with Crippen LogP contribution in [0.5, 0.6) is 0 Å². The number of ether oxygens (including phenoxy) is 1. The average Bonchev–Trinajstić information content (AvgIpc) is 3.27. The van der Waals surface area contributed by atoms with E-state index < -0.39 is 36.5 Å². The van der Waals surface area contributed by atoms with E-state index in [0.717, 1.165) is 6.42 Å². The average molecular weight is 466 g/mol. The van der Waals surface area contributed by atoms with Gasteiger partial charge in [-0.3, -0.25) is 24.5 Å². The lowest BCUT2D eigenvalue weighted by Gasteiger charge is -2.18. The lowest BCUT2D eigenvalue weighted by atomic mass is 10.1. The minimum atomic E-state index is -1.37. The summed E-state index contributed by atoms with van der Waals surface area (Å²) in [5.74, 6) is -2.14. The number of urea groups is 1. The number of amides is 5. The topological polar surface area (TPSA) is 134 Å². The Morgan fingerprint density at radius 1 is 1.00 bits per heavy atom. The summed E-state index contributed by atoms with van der Waals surface area (Å²) >= 11 is 0. The highest BCUT2D eigenvalue weighted by Crippen LogP contribution is 2.21. The van der Waals surface area contributed by atoms with Crippen LogP contribution < -0.4 is 20.9 Å². The molecule has 3 N–H and O–H groups in total. The van der Waals surface area contributed by atoms with E-state index >= 15 is 0 Å². The van der Waals surface area contributed by atoms with Crippen LogP contribution >= 0.6 is 0 Å². The molecule has 0 radical (unpaired) electrons. The van der Waals surface area contributed by atoms with Gasteiger partial charge in [-0.25, -0.2) is 4.79 Å². The second-order valence-electron chi connectivity index (χ2n) is 7.51. The molecule has 5 amide bonds. The Bertz CT molecular complexity index is 1050. The molecule has 3 rings (SSSR count). The number of carbonyl (C=O) groups excluding carboxylic acids is 5. The van der Waals surface area contributed by atoms with Gasteiger partial charge in [0.15, 0.2) is 0 Å². The second kappa shape index (κ2) is 11.6. The molecule has 2 aromatic rings. The highest BCUT2D eigenvalue weighted by atomic mass is 16.5. The molecule has 1 saturated heterocycles. The number of nitrogens with one attached hydrogen (secondary N) is 3. The van der Waals surface area contributed by atoms with Crippen molar-refractivity contribution in [3.8, 4) is 0 Å². The highest BCUT2D eigenvalue weighted by Gasteiger charge is 2.27. The van der Waals surface area contributed by atoms with Gasteiger partial charge in [0.1, 0.15) is 6.54 Å². The van der Waals surface area contributed by atoms with Gasteiger partial charge in [-0.1, -0.05) is 30.3 Å². The van der Waals surface area contributed by atoms with Crippen LogP contribution in [0.25, 0.3) is 0 Å².